The largest absolute Gasteiger partial charge is 0.393 e. The van der Waals surface area contributed by atoms with Gasteiger partial charge in [-0.05, 0) is 38.5 Å². The van der Waals surface area contributed by atoms with Crippen LogP contribution >= 0.6 is 0 Å². The molecule has 3 heteroatoms. The SMILES string of the molecule is CC(=O)CCOC1(C)CCC(C(C)C)C(O)C1. The van der Waals surface area contributed by atoms with Crippen LogP contribution in [0.3, 0.4) is 0 Å². The molecule has 0 aromatic carbocycles. The Morgan fingerprint density at radius 1 is 1.53 bits per heavy atom. The van der Waals surface area contributed by atoms with Crippen LogP contribution in [0.4, 0.5) is 0 Å². The number of carbonyl (C=O) groups excluding carboxylic acids is 1. The normalized spacial score (nSPS) is 34.0. The molecule has 0 amide bonds. The average Bonchev–Trinajstić information content (AvgIpc) is 2.15. The maximum absolute atomic E-state index is 10.9. The molecule has 1 aliphatic carbocycles. The van der Waals surface area contributed by atoms with Gasteiger partial charge in [0.2, 0.25) is 0 Å². The van der Waals surface area contributed by atoms with Crippen LogP contribution in [0.25, 0.3) is 0 Å². The molecule has 3 nitrogen and oxygen atoms in total. The molecule has 100 valence electrons. The Bertz CT molecular complexity index is 262. The summed E-state index contributed by atoms with van der Waals surface area (Å²) in [7, 11) is 0. The van der Waals surface area contributed by atoms with Crippen LogP contribution in [-0.2, 0) is 9.53 Å². The van der Waals surface area contributed by atoms with Crippen molar-refractivity contribution in [3.05, 3.63) is 0 Å². The summed E-state index contributed by atoms with van der Waals surface area (Å²) in [4.78, 5) is 10.9. The van der Waals surface area contributed by atoms with E-state index in [1.165, 1.54) is 0 Å². The van der Waals surface area contributed by atoms with Gasteiger partial charge in [0.1, 0.15) is 5.78 Å². The topological polar surface area (TPSA) is 46.5 Å². The summed E-state index contributed by atoms with van der Waals surface area (Å²) >= 11 is 0. The van der Waals surface area contributed by atoms with Gasteiger partial charge in [-0.3, -0.25) is 4.79 Å². The first-order valence-corrected chi connectivity index (χ1v) is 6.65. The van der Waals surface area contributed by atoms with E-state index in [9.17, 15) is 9.90 Å². The van der Waals surface area contributed by atoms with Crippen molar-refractivity contribution in [2.75, 3.05) is 6.61 Å². The Hall–Kier alpha value is -0.410. The van der Waals surface area contributed by atoms with E-state index in [4.69, 9.17) is 4.74 Å². The van der Waals surface area contributed by atoms with Gasteiger partial charge in [-0.2, -0.15) is 0 Å². The minimum absolute atomic E-state index is 0.157. The summed E-state index contributed by atoms with van der Waals surface area (Å²) in [5, 5.41) is 10.1. The van der Waals surface area contributed by atoms with Crippen LogP contribution < -0.4 is 0 Å². The second-order valence-corrected chi connectivity index (χ2v) is 5.97. The molecule has 17 heavy (non-hydrogen) atoms. The molecular formula is C14H26O3. The minimum atomic E-state index is -0.272. The van der Waals surface area contributed by atoms with Crippen molar-refractivity contribution >= 4 is 5.78 Å². The van der Waals surface area contributed by atoms with Crippen LogP contribution in [0.15, 0.2) is 0 Å². The van der Waals surface area contributed by atoms with E-state index < -0.39 is 0 Å². The maximum atomic E-state index is 10.9. The first kappa shape index (κ1) is 14.7. The number of hydrogen-bond acceptors (Lipinski definition) is 3. The fraction of sp³-hybridized carbons (Fsp3) is 0.929. The quantitative estimate of drug-likeness (QED) is 0.806. The third kappa shape index (κ3) is 4.40. The predicted molar refractivity (Wildman–Crippen MR) is 67.8 cm³/mol. The highest BCUT2D eigenvalue weighted by Crippen LogP contribution is 2.38. The number of Topliss-reactive ketones (excluding diaryl/α,β-unsaturated/α-hetero) is 1. The summed E-state index contributed by atoms with van der Waals surface area (Å²) < 4.78 is 5.80. The lowest BCUT2D eigenvalue weighted by atomic mass is 9.73. The van der Waals surface area contributed by atoms with Gasteiger partial charge >= 0.3 is 0 Å². The zero-order valence-corrected chi connectivity index (χ0v) is 11.5. The molecule has 0 aromatic heterocycles. The van der Waals surface area contributed by atoms with E-state index in [0.717, 1.165) is 12.8 Å². The smallest absolute Gasteiger partial charge is 0.132 e. The van der Waals surface area contributed by atoms with Gasteiger partial charge in [-0.1, -0.05) is 13.8 Å². The molecule has 1 saturated carbocycles. The van der Waals surface area contributed by atoms with Crippen LogP contribution in [0.5, 0.6) is 0 Å². The Balaban J connectivity index is 2.43. The van der Waals surface area contributed by atoms with Crippen molar-refractivity contribution in [2.45, 2.75) is 65.1 Å². The van der Waals surface area contributed by atoms with Gasteiger partial charge in [0.25, 0.3) is 0 Å². The molecule has 1 rings (SSSR count). The summed E-state index contributed by atoms with van der Waals surface area (Å²) in [6.45, 7) is 8.42. The predicted octanol–water partition coefficient (Wildman–Crippen LogP) is 2.56. The maximum Gasteiger partial charge on any atom is 0.132 e. The lowest BCUT2D eigenvalue weighted by molar-refractivity contribution is -0.126. The Labute approximate surface area is 105 Å². The zero-order chi connectivity index (χ0) is 13.1. The van der Waals surface area contributed by atoms with Crippen LogP contribution in [0.1, 0.15) is 53.4 Å². The molecule has 0 radical (unpaired) electrons. The Kier molecular flexibility index (Phi) is 5.14. The third-order valence-electron chi connectivity index (χ3n) is 3.90. The lowest BCUT2D eigenvalue weighted by Gasteiger charge is -2.41. The van der Waals surface area contributed by atoms with Gasteiger partial charge < -0.3 is 9.84 Å². The molecule has 1 aliphatic rings. The molecule has 0 saturated heterocycles. The molecule has 0 spiro atoms. The van der Waals surface area contributed by atoms with Gasteiger partial charge in [0.15, 0.2) is 0 Å². The van der Waals surface area contributed by atoms with E-state index >= 15 is 0 Å². The second kappa shape index (κ2) is 5.96. The second-order valence-electron chi connectivity index (χ2n) is 5.97. The number of rotatable bonds is 5. The van der Waals surface area contributed by atoms with Crippen molar-refractivity contribution in [1.82, 2.24) is 0 Å². The van der Waals surface area contributed by atoms with Crippen LogP contribution in [0.2, 0.25) is 0 Å². The minimum Gasteiger partial charge on any atom is -0.393 e. The highest BCUT2D eigenvalue weighted by atomic mass is 16.5. The van der Waals surface area contributed by atoms with E-state index in [1.54, 1.807) is 6.92 Å². The summed E-state index contributed by atoms with van der Waals surface area (Å²) in [6, 6.07) is 0. The highest BCUT2D eigenvalue weighted by Gasteiger charge is 2.38. The van der Waals surface area contributed by atoms with E-state index in [1.807, 2.05) is 6.92 Å². The number of hydrogen-bond donors (Lipinski definition) is 1. The first-order valence-electron chi connectivity index (χ1n) is 6.65. The zero-order valence-electron chi connectivity index (χ0n) is 11.5. The van der Waals surface area contributed by atoms with Crippen LogP contribution in [-0.4, -0.2) is 29.2 Å². The first-order chi connectivity index (χ1) is 7.84. The van der Waals surface area contributed by atoms with Gasteiger partial charge in [0.05, 0.1) is 18.3 Å². The summed E-state index contributed by atoms with van der Waals surface area (Å²) in [5.74, 6) is 1.07. The number of ether oxygens (including phenoxy) is 1. The number of aliphatic hydroxyl groups excluding tert-OH is 1. The Morgan fingerprint density at radius 2 is 2.18 bits per heavy atom. The van der Waals surface area contributed by atoms with Crippen molar-refractivity contribution in [3.8, 4) is 0 Å². The Morgan fingerprint density at radius 3 is 2.65 bits per heavy atom. The fourth-order valence-corrected chi connectivity index (χ4v) is 2.71. The molecule has 0 aromatic rings. The molecule has 1 N–H and O–H groups in total. The number of ketones is 1. The molecule has 0 aliphatic heterocycles. The molecule has 0 heterocycles. The van der Waals surface area contributed by atoms with E-state index in [2.05, 4.69) is 13.8 Å². The molecule has 3 unspecified atom stereocenters. The van der Waals surface area contributed by atoms with Gasteiger partial charge in [0, 0.05) is 12.8 Å². The molecular weight excluding hydrogens is 216 g/mol. The fourth-order valence-electron chi connectivity index (χ4n) is 2.71. The van der Waals surface area contributed by atoms with Gasteiger partial charge in [-0.25, -0.2) is 0 Å². The third-order valence-corrected chi connectivity index (χ3v) is 3.90. The lowest BCUT2D eigenvalue weighted by Crippen LogP contribution is -2.43. The average molecular weight is 242 g/mol. The van der Waals surface area contributed by atoms with Crippen molar-refractivity contribution in [2.24, 2.45) is 11.8 Å². The molecule has 1 fully saturated rings. The number of carbonyl (C=O) groups is 1. The number of aliphatic hydroxyl groups is 1. The molecule has 0 bridgehead atoms. The highest BCUT2D eigenvalue weighted by molar-refractivity contribution is 5.75. The monoisotopic (exact) mass is 242 g/mol. The standard InChI is InChI=1S/C14H26O3/c1-10(2)12-5-7-14(4,9-13(12)16)17-8-6-11(3)15/h10,12-13,16H,5-9H2,1-4H3. The summed E-state index contributed by atoms with van der Waals surface area (Å²) in [5.41, 5.74) is -0.250. The van der Waals surface area contributed by atoms with Crippen molar-refractivity contribution in [3.63, 3.8) is 0 Å². The van der Waals surface area contributed by atoms with Gasteiger partial charge in [-0.15, -0.1) is 0 Å². The molecule has 3 atom stereocenters. The summed E-state index contributed by atoms with van der Waals surface area (Å²) in [6.07, 6.45) is 2.87. The van der Waals surface area contributed by atoms with Crippen molar-refractivity contribution in [1.29, 1.82) is 0 Å². The van der Waals surface area contributed by atoms with E-state index in [-0.39, 0.29) is 17.5 Å². The van der Waals surface area contributed by atoms with Crippen molar-refractivity contribution < 1.29 is 14.6 Å². The van der Waals surface area contributed by atoms with Crippen LogP contribution in [0, 0.1) is 11.8 Å². The van der Waals surface area contributed by atoms with E-state index in [0.29, 0.717) is 31.3 Å².